The number of aromatic nitrogens is 4. The Labute approximate surface area is 174 Å². The zero-order valence-electron chi connectivity index (χ0n) is 17.1. The maximum absolute atomic E-state index is 12.4. The van der Waals surface area contributed by atoms with Crippen LogP contribution in [0.1, 0.15) is 33.0 Å². The summed E-state index contributed by atoms with van der Waals surface area (Å²) in [4.78, 5) is 29.7. The Morgan fingerprint density at radius 2 is 1.90 bits per heavy atom. The van der Waals surface area contributed by atoms with E-state index >= 15 is 0 Å². The Balaban J connectivity index is 1.69. The molecule has 0 aromatic carbocycles. The molecule has 0 saturated carbocycles. The highest BCUT2D eigenvalue weighted by Crippen LogP contribution is 2.31. The van der Waals surface area contributed by atoms with E-state index in [1.807, 2.05) is 32.4 Å². The Morgan fingerprint density at radius 3 is 2.59 bits per heavy atom. The SMILES string of the molecule is Cn1c(C2=CN(C(=O)OC(C)(C)C)CC2)nc2c(N3CCOCC3)nc(Cl)nc21. The minimum atomic E-state index is -0.537. The highest BCUT2D eigenvalue weighted by atomic mass is 35.5. The van der Waals surface area contributed by atoms with Crippen molar-refractivity contribution >= 4 is 40.2 Å². The van der Waals surface area contributed by atoms with Gasteiger partial charge in [0.05, 0.1) is 13.2 Å². The molecule has 0 bridgehead atoms. The van der Waals surface area contributed by atoms with Crippen molar-refractivity contribution in [3.05, 3.63) is 17.3 Å². The normalized spacial score (nSPS) is 17.8. The molecular formula is C19H25ClN6O3. The summed E-state index contributed by atoms with van der Waals surface area (Å²) >= 11 is 6.20. The number of aryl methyl sites for hydroxylation is 1. The predicted molar refractivity (Wildman–Crippen MR) is 110 cm³/mol. The highest BCUT2D eigenvalue weighted by Gasteiger charge is 2.28. The first-order valence-corrected chi connectivity index (χ1v) is 10.0. The van der Waals surface area contributed by atoms with Gasteiger partial charge in [0.25, 0.3) is 0 Å². The zero-order chi connectivity index (χ0) is 20.8. The van der Waals surface area contributed by atoms with Crippen molar-refractivity contribution in [2.75, 3.05) is 37.7 Å². The number of rotatable bonds is 2. The monoisotopic (exact) mass is 420 g/mol. The summed E-state index contributed by atoms with van der Waals surface area (Å²) in [6.07, 6.45) is 2.13. The molecule has 0 atom stereocenters. The number of imidazole rings is 1. The van der Waals surface area contributed by atoms with Crippen molar-refractivity contribution in [2.24, 2.45) is 7.05 Å². The van der Waals surface area contributed by atoms with E-state index in [1.165, 1.54) is 0 Å². The summed E-state index contributed by atoms with van der Waals surface area (Å²) in [5.74, 6) is 1.46. The fraction of sp³-hybridized carbons (Fsp3) is 0.579. The molecule has 0 N–H and O–H groups in total. The number of carbonyl (C=O) groups is 1. The van der Waals surface area contributed by atoms with E-state index in [9.17, 15) is 4.79 Å². The molecule has 0 spiro atoms. The summed E-state index contributed by atoms with van der Waals surface area (Å²) in [6.45, 7) is 8.84. The molecule has 2 aliphatic heterocycles. The van der Waals surface area contributed by atoms with Crippen LogP contribution in [-0.2, 0) is 16.5 Å². The maximum Gasteiger partial charge on any atom is 0.414 e. The fourth-order valence-electron chi connectivity index (χ4n) is 3.50. The van der Waals surface area contributed by atoms with E-state index < -0.39 is 5.60 Å². The van der Waals surface area contributed by atoms with Gasteiger partial charge in [-0.1, -0.05) is 0 Å². The van der Waals surface area contributed by atoms with Crippen LogP contribution in [0.25, 0.3) is 16.7 Å². The smallest absolute Gasteiger partial charge is 0.414 e. The molecule has 1 fully saturated rings. The summed E-state index contributed by atoms with van der Waals surface area (Å²) in [5, 5.41) is 0.185. The number of anilines is 1. The van der Waals surface area contributed by atoms with Gasteiger partial charge in [0.1, 0.15) is 11.4 Å². The van der Waals surface area contributed by atoms with E-state index in [1.54, 1.807) is 11.1 Å². The van der Waals surface area contributed by atoms with Crippen molar-refractivity contribution in [3.8, 4) is 0 Å². The lowest BCUT2D eigenvalue weighted by molar-refractivity contribution is 0.0349. The Hall–Kier alpha value is -2.39. The standard InChI is InChI=1S/C19H25ClN6O3/c1-19(2,3)29-18(27)26-6-5-12(11-26)14-21-13-15(24(14)4)22-17(20)23-16(13)25-7-9-28-10-8-25/h11H,5-10H2,1-4H3. The van der Waals surface area contributed by atoms with E-state index in [0.29, 0.717) is 43.2 Å². The van der Waals surface area contributed by atoms with E-state index in [-0.39, 0.29) is 11.4 Å². The number of carbonyl (C=O) groups excluding carboxylic acids is 1. The van der Waals surface area contributed by atoms with Crippen molar-refractivity contribution in [1.29, 1.82) is 0 Å². The van der Waals surface area contributed by atoms with E-state index in [4.69, 9.17) is 26.1 Å². The number of hydrogen-bond acceptors (Lipinski definition) is 7. The number of amides is 1. The summed E-state index contributed by atoms with van der Waals surface area (Å²) in [7, 11) is 1.90. The predicted octanol–water partition coefficient (Wildman–Crippen LogP) is 2.84. The van der Waals surface area contributed by atoms with Gasteiger partial charge in [-0.15, -0.1) is 0 Å². The number of halogens is 1. The third-order valence-corrected chi connectivity index (χ3v) is 5.00. The van der Waals surface area contributed by atoms with Gasteiger partial charge in [-0.05, 0) is 38.8 Å². The van der Waals surface area contributed by atoms with Crippen LogP contribution in [0.4, 0.5) is 10.6 Å². The third-order valence-electron chi connectivity index (χ3n) is 4.83. The molecule has 1 saturated heterocycles. The Kier molecular flexibility index (Phi) is 5.12. The zero-order valence-corrected chi connectivity index (χ0v) is 17.9. The number of ether oxygens (including phenoxy) is 2. The molecule has 4 rings (SSSR count). The lowest BCUT2D eigenvalue weighted by atomic mass is 10.2. The molecule has 4 heterocycles. The molecular weight excluding hydrogens is 396 g/mol. The molecule has 10 heteroatoms. The maximum atomic E-state index is 12.4. The Morgan fingerprint density at radius 1 is 1.17 bits per heavy atom. The summed E-state index contributed by atoms with van der Waals surface area (Å²) in [6, 6.07) is 0. The van der Waals surface area contributed by atoms with Gasteiger partial charge in [0.15, 0.2) is 17.0 Å². The minimum absolute atomic E-state index is 0.185. The van der Waals surface area contributed by atoms with Gasteiger partial charge < -0.3 is 18.9 Å². The van der Waals surface area contributed by atoms with Gasteiger partial charge in [-0.25, -0.2) is 9.78 Å². The molecule has 2 aromatic rings. The third kappa shape index (κ3) is 4.02. The molecule has 0 radical (unpaired) electrons. The average molecular weight is 421 g/mol. The molecule has 2 aliphatic rings. The lowest BCUT2D eigenvalue weighted by Crippen LogP contribution is -2.37. The van der Waals surface area contributed by atoms with Crippen molar-refractivity contribution < 1.29 is 14.3 Å². The van der Waals surface area contributed by atoms with Crippen LogP contribution >= 0.6 is 11.6 Å². The Bertz CT molecular complexity index is 974. The second-order valence-corrected chi connectivity index (χ2v) is 8.50. The topological polar surface area (TPSA) is 85.6 Å². The number of nitrogens with zero attached hydrogens (tertiary/aromatic N) is 6. The van der Waals surface area contributed by atoms with E-state index in [2.05, 4.69) is 14.9 Å². The first kappa shape index (κ1) is 19.9. The van der Waals surface area contributed by atoms with Crippen molar-refractivity contribution in [3.63, 3.8) is 0 Å². The van der Waals surface area contributed by atoms with Crippen LogP contribution in [0.2, 0.25) is 5.28 Å². The van der Waals surface area contributed by atoms with Crippen LogP contribution in [0.15, 0.2) is 6.20 Å². The second-order valence-electron chi connectivity index (χ2n) is 8.16. The number of morpholine rings is 1. The van der Waals surface area contributed by atoms with Gasteiger partial charge in [-0.2, -0.15) is 9.97 Å². The second kappa shape index (κ2) is 7.46. The van der Waals surface area contributed by atoms with Crippen LogP contribution in [0, 0.1) is 0 Å². The van der Waals surface area contributed by atoms with Crippen LogP contribution in [0.5, 0.6) is 0 Å². The van der Waals surface area contributed by atoms with E-state index in [0.717, 1.165) is 24.5 Å². The lowest BCUT2D eigenvalue weighted by Gasteiger charge is -2.27. The summed E-state index contributed by atoms with van der Waals surface area (Å²) in [5.41, 5.74) is 1.77. The number of hydrogen-bond donors (Lipinski definition) is 0. The quantitative estimate of drug-likeness (QED) is 0.690. The van der Waals surface area contributed by atoms with Crippen LogP contribution < -0.4 is 4.90 Å². The van der Waals surface area contributed by atoms with Gasteiger partial charge in [0.2, 0.25) is 5.28 Å². The average Bonchev–Trinajstić information content (AvgIpc) is 3.26. The molecule has 0 unspecified atom stereocenters. The molecule has 1 amide bonds. The van der Waals surface area contributed by atoms with Crippen molar-refractivity contribution in [2.45, 2.75) is 32.8 Å². The minimum Gasteiger partial charge on any atom is -0.443 e. The molecule has 0 aliphatic carbocycles. The highest BCUT2D eigenvalue weighted by molar-refractivity contribution is 6.28. The van der Waals surface area contributed by atoms with Gasteiger partial charge in [-0.3, -0.25) is 4.90 Å². The van der Waals surface area contributed by atoms with Crippen molar-refractivity contribution in [1.82, 2.24) is 24.4 Å². The van der Waals surface area contributed by atoms with Gasteiger partial charge >= 0.3 is 6.09 Å². The first-order chi connectivity index (χ1) is 13.7. The van der Waals surface area contributed by atoms with Gasteiger partial charge in [0, 0.05) is 38.5 Å². The molecule has 9 nitrogen and oxygen atoms in total. The molecule has 2 aromatic heterocycles. The fourth-order valence-corrected chi connectivity index (χ4v) is 3.66. The van der Waals surface area contributed by atoms with Crippen LogP contribution in [-0.4, -0.2) is 69.0 Å². The molecule has 156 valence electrons. The first-order valence-electron chi connectivity index (χ1n) is 9.66. The molecule has 29 heavy (non-hydrogen) atoms. The van der Waals surface area contributed by atoms with Crippen LogP contribution in [0.3, 0.4) is 0 Å². The number of fused-ring (bicyclic) bond motifs is 1. The summed E-state index contributed by atoms with van der Waals surface area (Å²) < 4.78 is 12.8. The largest absolute Gasteiger partial charge is 0.443 e.